The van der Waals surface area contributed by atoms with Gasteiger partial charge < -0.3 is 4.57 Å². The van der Waals surface area contributed by atoms with Crippen LogP contribution in [0.5, 0.6) is 0 Å². The summed E-state index contributed by atoms with van der Waals surface area (Å²) >= 11 is 9.23. The van der Waals surface area contributed by atoms with E-state index in [1.165, 1.54) is 18.9 Å². The van der Waals surface area contributed by atoms with E-state index in [9.17, 15) is 4.39 Å². The summed E-state index contributed by atoms with van der Waals surface area (Å²) in [4.78, 5) is 4.45. The van der Waals surface area contributed by atoms with Crippen molar-refractivity contribution in [2.75, 3.05) is 0 Å². The van der Waals surface area contributed by atoms with Gasteiger partial charge in [0.2, 0.25) is 0 Å². The summed E-state index contributed by atoms with van der Waals surface area (Å²) in [6.07, 6.45) is 3.68. The Morgan fingerprint density at radius 1 is 1.47 bits per heavy atom. The lowest BCUT2D eigenvalue weighted by molar-refractivity contribution is 0.409. The Kier molecular flexibility index (Phi) is 3.34. The molecule has 19 heavy (non-hydrogen) atoms. The molecule has 0 saturated heterocycles. The van der Waals surface area contributed by atoms with E-state index in [2.05, 4.69) is 32.4 Å². The Morgan fingerprint density at radius 3 is 2.79 bits per heavy atom. The molecular weight excluding hydrogens is 331 g/mol. The molecule has 0 atom stereocenters. The van der Waals surface area contributed by atoms with Crippen molar-refractivity contribution in [2.45, 2.75) is 38.6 Å². The van der Waals surface area contributed by atoms with E-state index in [0.717, 1.165) is 24.3 Å². The zero-order valence-corrected chi connectivity index (χ0v) is 13.1. The van der Waals surface area contributed by atoms with Crippen molar-refractivity contribution in [3.63, 3.8) is 0 Å². The number of nitrogens with zero attached hydrogens (tertiary/aromatic N) is 2. The number of aromatic nitrogens is 2. The molecule has 0 aliphatic heterocycles. The Labute approximate surface area is 125 Å². The maximum Gasteiger partial charge on any atom is 0.139 e. The lowest BCUT2D eigenvalue weighted by Crippen LogP contribution is -2.12. The van der Waals surface area contributed by atoms with E-state index in [0.29, 0.717) is 21.3 Å². The number of fused-ring (bicyclic) bond motifs is 1. The second-order valence-corrected chi connectivity index (χ2v) is 6.48. The van der Waals surface area contributed by atoms with Gasteiger partial charge in [-0.1, -0.05) is 6.92 Å². The summed E-state index contributed by atoms with van der Waals surface area (Å²) in [5.41, 5.74) is 2.04. The fraction of sp³-hybridized carbons (Fsp3) is 0.500. The van der Waals surface area contributed by atoms with Crippen LogP contribution in [-0.2, 0) is 12.4 Å². The molecule has 1 fully saturated rings. The molecule has 1 aromatic carbocycles. The highest BCUT2D eigenvalue weighted by molar-refractivity contribution is 9.10. The molecule has 2 aromatic rings. The van der Waals surface area contributed by atoms with Gasteiger partial charge >= 0.3 is 0 Å². The number of hydrogen-bond donors (Lipinski definition) is 0. The Bertz CT molecular complexity index is 634. The standard InChI is InChI=1S/C14H15BrClFN2/c1-2-14(3-4-14)8-19-12-5-9(15)10(17)6-11(12)18-13(19)7-16/h5-6H,2-4,7-8H2,1H3. The maximum absolute atomic E-state index is 13.6. The van der Waals surface area contributed by atoms with Crippen LogP contribution in [0.4, 0.5) is 4.39 Å². The molecule has 0 unspecified atom stereocenters. The predicted octanol–water partition coefficient (Wildman–Crippen LogP) is 4.87. The molecule has 1 saturated carbocycles. The first-order valence-corrected chi connectivity index (χ1v) is 7.81. The van der Waals surface area contributed by atoms with E-state index in [1.807, 2.05) is 0 Å². The van der Waals surface area contributed by atoms with Crippen LogP contribution < -0.4 is 0 Å². The summed E-state index contributed by atoms with van der Waals surface area (Å²) in [6, 6.07) is 3.27. The van der Waals surface area contributed by atoms with Crippen molar-refractivity contribution in [3.05, 3.63) is 28.2 Å². The second kappa shape index (κ2) is 4.74. The Morgan fingerprint density at radius 2 is 2.21 bits per heavy atom. The molecular formula is C14H15BrClFN2. The van der Waals surface area contributed by atoms with Gasteiger partial charge in [-0.3, -0.25) is 0 Å². The molecule has 102 valence electrons. The third kappa shape index (κ3) is 2.29. The van der Waals surface area contributed by atoms with E-state index in [-0.39, 0.29) is 5.82 Å². The number of halogens is 3. The molecule has 1 heterocycles. The topological polar surface area (TPSA) is 17.8 Å². The molecule has 1 aromatic heterocycles. The number of rotatable bonds is 4. The van der Waals surface area contributed by atoms with Gasteiger partial charge in [0, 0.05) is 12.6 Å². The zero-order chi connectivity index (χ0) is 13.6. The molecule has 0 spiro atoms. The highest BCUT2D eigenvalue weighted by Gasteiger charge is 2.41. The minimum atomic E-state index is -0.283. The lowest BCUT2D eigenvalue weighted by atomic mass is 10.0. The van der Waals surface area contributed by atoms with Crippen molar-refractivity contribution >= 4 is 38.6 Å². The lowest BCUT2D eigenvalue weighted by Gasteiger charge is -2.16. The molecule has 1 aliphatic carbocycles. The van der Waals surface area contributed by atoms with Gasteiger partial charge in [-0.25, -0.2) is 9.37 Å². The molecule has 5 heteroatoms. The fourth-order valence-electron chi connectivity index (χ4n) is 2.58. The van der Waals surface area contributed by atoms with Crippen LogP contribution >= 0.6 is 27.5 Å². The average molecular weight is 346 g/mol. The van der Waals surface area contributed by atoms with Crippen LogP contribution in [0.25, 0.3) is 11.0 Å². The largest absolute Gasteiger partial charge is 0.326 e. The molecule has 1 aliphatic rings. The normalized spacial score (nSPS) is 17.1. The van der Waals surface area contributed by atoms with Crippen molar-refractivity contribution in [1.29, 1.82) is 0 Å². The van der Waals surface area contributed by atoms with Gasteiger partial charge in [0.15, 0.2) is 0 Å². The highest BCUT2D eigenvalue weighted by atomic mass is 79.9. The fourth-order valence-corrected chi connectivity index (χ4v) is 3.12. The number of imidazole rings is 1. The summed E-state index contributed by atoms with van der Waals surface area (Å²) < 4.78 is 16.2. The molecule has 0 bridgehead atoms. The molecule has 0 amide bonds. The molecule has 0 radical (unpaired) electrons. The van der Waals surface area contributed by atoms with Gasteiger partial charge in [-0.2, -0.15) is 0 Å². The van der Waals surface area contributed by atoms with Gasteiger partial charge in [-0.15, -0.1) is 11.6 Å². The summed E-state index contributed by atoms with van der Waals surface area (Å²) in [6.45, 7) is 3.15. The first-order valence-electron chi connectivity index (χ1n) is 6.49. The number of alkyl halides is 1. The smallest absolute Gasteiger partial charge is 0.139 e. The summed E-state index contributed by atoms with van der Waals surface area (Å²) in [5.74, 6) is 0.900. The third-order valence-electron chi connectivity index (χ3n) is 4.19. The number of hydrogen-bond acceptors (Lipinski definition) is 1. The van der Waals surface area contributed by atoms with Crippen LogP contribution in [-0.4, -0.2) is 9.55 Å². The summed E-state index contributed by atoms with van der Waals surface area (Å²) in [7, 11) is 0. The quantitative estimate of drug-likeness (QED) is 0.723. The molecule has 3 rings (SSSR count). The van der Waals surface area contributed by atoms with Crippen LogP contribution in [0.15, 0.2) is 16.6 Å². The molecule has 2 nitrogen and oxygen atoms in total. The SMILES string of the molecule is CCC1(Cn2c(CCl)nc3cc(F)c(Br)cc32)CC1. The van der Waals surface area contributed by atoms with Gasteiger partial charge in [0.05, 0.1) is 21.4 Å². The molecule has 0 N–H and O–H groups in total. The average Bonchev–Trinajstić information content (AvgIpc) is 3.10. The van der Waals surface area contributed by atoms with Crippen LogP contribution in [0.1, 0.15) is 32.0 Å². The Hall–Kier alpha value is -0.610. The Balaban J connectivity index is 2.12. The minimum Gasteiger partial charge on any atom is -0.326 e. The monoisotopic (exact) mass is 344 g/mol. The predicted molar refractivity (Wildman–Crippen MR) is 78.9 cm³/mol. The maximum atomic E-state index is 13.6. The van der Waals surface area contributed by atoms with E-state index in [1.54, 1.807) is 6.07 Å². The summed E-state index contributed by atoms with van der Waals surface area (Å²) in [5, 5.41) is 0. The first kappa shape index (κ1) is 13.4. The van der Waals surface area contributed by atoms with Crippen molar-refractivity contribution in [3.8, 4) is 0 Å². The van der Waals surface area contributed by atoms with Crippen molar-refractivity contribution in [1.82, 2.24) is 9.55 Å². The van der Waals surface area contributed by atoms with Crippen LogP contribution in [0.2, 0.25) is 0 Å². The van der Waals surface area contributed by atoms with Gasteiger partial charge in [0.25, 0.3) is 0 Å². The zero-order valence-electron chi connectivity index (χ0n) is 10.7. The van der Waals surface area contributed by atoms with Gasteiger partial charge in [-0.05, 0) is 46.7 Å². The van der Waals surface area contributed by atoms with Gasteiger partial charge in [0.1, 0.15) is 11.6 Å². The van der Waals surface area contributed by atoms with Crippen LogP contribution in [0.3, 0.4) is 0 Å². The number of benzene rings is 1. The van der Waals surface area contributed by atoms with Crippen LogP contribution in [0, 0.1) is 11.2 Å². The highest BCUT2D eigenvalue weighted by Crippen LogP contribution is 2.50. The second-order valence-electron chi connectivity index (χ2n) is 5.36. The minimum absolute atomic E-state index is 0.283. The van der Waals surface area contributed by atoms with E-state index in [4.69, 9.17) is 11.6 Å². The third-order valence-corrected chi connectivity index (χ3v) is 5.04. The van der Waals surface area contributed by atoms with Crippen molar-refractivity contribution in [2.24, 2.45) is 5.41 Å². The van der Waals surface area contributed by atoms with Crippen molar-refractivity contribution < 1.29 is 4.39 Å². The van der Waals surface area contributed by atoms with E-state index >= 15 is 0 Å². The van der Waals surface area contributed by atoms with E-state index < -0.39 is 0 Å². The first-order chi connectivity index (χ1) is 9.08.